The summed E-state index contributed by atoms with van der Waals surface area (Å²) in [6.07, 6.45) is 5.64. The van der Waals surface area contributed by atoms with Crippen LogP contribution in [0.2, 0.25) is 0 Å². The molecule has 3 aliphatic rings. The van der Waals surface area contributed by atoms with Crippen LogP contribution in [0.4, 0.5) is 0 Å². The van der Waals surface area contributed by atoms with Gasteiger partial charge in [-0.3, -0.25) is 9.80 Å². The lowest BCUT2D eigenvalue weighted by Gasteiger charge is -2.44. The molecule has 2 unspecified atom stereocenters. The van der Waals surface area contributed by atoms with Gasteiger partial charge in [0.05, 0.1) is 0 Å². The van der Waals surface area contributed by atoms with Crippen LogP contribution < -0.4 is 5.32 Å². The van der Waals surface area contributed by atoms with E-state index in [1.54, 1.807) is 0 Å². The summed E-state index contributed by atoms with van der Waals surface area (Å²) in [6.45, 7) is 14.0. The maximum absolute atomic E-state index is 3.59. The number of nitrogens with zero attached hydrogens (tertiary/aromatic N) is 2. The summed E-state index contributed by atoms with van der Waals surface area (Å²) in [6, 6.07) is 0.869. The quantitative estimate of drug-likeness (QED) is 0.839. The highest BCUT2D eigenvalue weighted by atomic mass is 15.3. The average molecular weight is 265 g/mol. The predicted molar refractivity (Wildman–Crippen MR) is 80.4 cm³/mol. The van der Waals surface area contributed by atoms with Gasteiger partial charge in [-0.25, -0.2) is 0 Å². The molecule has 0 aromatic heterocycles. The maximum atomic E-state index is 3.59. The van der Waals surface area contributed by atoms with Crippen molar-refractivity contribution in [2.45, 2.75) is 45.6 Å². The summed E-state index contributed by atoms with van der Waals surface area (Å²) in [5, 5.41) is 3.59. The Morgan fingerprint density at radius 1 is 1.11 bits per heavy atom. The van der Waals surface area contributed by atoms with Gasteiger partial charge in [-0.05, 0) is 56.7 Å². The van der Waals surface area contributed by atoms with Gasteiger partial charge < -0.3 is 5.32 Å². The fourth-order valence-corrected chi connectivity index (χ4v) is 4.42. The molecule has 3 rings (SSSR count). The Labute approximate surface area is 118 Å². The third-order valence-corrected chi connectivity index (χ3v) is 5.70. The number of nitrogens with one attached hydrogen (secondary N) is 1. The van der Waals surface area contributed by atoms with Crippen molar-refractivity contribution >= 4 is 0 Å². The largest absolute Gasteiger partial charge is 0.316 e. The molecule has 3 nitrogen and oxygen atoms in total. The first-order valence-corrected chi connectivity index (χ1v) is 8.32. The minimum Gasteiger partial charge on any atom is -0.316 e. The van der Waals surface area contributed by atoms with Crippen LogP contribution in [0.25, 0.3) is 0 Å². The van der Waals surface area contributed by atoms with E-state index < -0.39 is 0 Å². The first-order valence-electron chi connectivity index (χ1n) is 8.32. The first kappa shape index (κ1) is 13.8. The molecule has 3 heterocycles. The molecule has 3 heteroatoms. The average Bonchev–Trinajstić information content (AvgIpc) is 2.87. The molecule has 0 radical (unpaired) electrons. The van der Waals surface area contributed by atoms with E-state index >= 15 is 0 Å². The van der Waals surface area contributed by atoms with Crippen LogP contribution in [0, 0.1) is 11.3 Å². The van der Waals surface area contributed by atoms with E-state index in [9.17, 15) is 0 Å². The zero-order chi connectivity index (χ0) is 13.3. The van der Waals surface area contributed by atoms with Crippen LogP contribution >= 0.6 is 0 Å². The zero-order valence-electron chi connectivity index (χ0n) is 12.8. The molecule has 2 atom stereocenters. The lowest BCUT2D eigenvalue weighted by atomic mass is 9.74. The normalized spacial score (nSPS) is 34.4. The molecule has 3 aliphatic heterocycles. The zero-order valence-corrected chi connectivity index (χ0v) is 12.8. The Bertz CT molecular complexity index is 296. The van der Waals surface area contributed by atoms with Crippen molar-refractivity contribution in [1.82, 2.24) is 15.1 Å². The number of hydrogen-bond donors (Lipinski definition) is 1. The second-order valence-corrected chi connectivity index (χ2v) is 7.60. The van der Waals surface area contributed by atoms with E-state index in [-0.39, 0.29) is 0 Å². The predicted octanol–water partition coefficient (Wildman–Crippen LogP) is 1.79. The van der Waals surface area contributed by atoms with Gasteiger partial charge in [0.25, 0.3) is 0 Å². The molecule has 3 fully saturated rings. The summed E-state index contributed by atoms with van der Waals surface area (Å²) in [4.78, 5) is 5.47. The van der Waals surface area contributed by atoms with E-state index in [1.165, 1.54) is 71.5 Å². The molecule has 1 N–H and O–H groups in total. The monoisotopic (exact) mass is 265 g/mol. The summed E-state index contributed by atoms with van der Waals surface area (Å²) in [5.41, 5.74) is 0.466. The second-order valence-electron chi connectivity index (χ2n) is 7.60. The molecule has 0 saturated carbocycles. The topological polar surface area (TPSA) is 18.5 Å². The van der Waals surface area contributed by atoms with Crippen LogP contribution in [-0.4, -0.2) is 61.7 Å². The molecule has 0 amide bonds. The van der Waals surface area contributed by atoms with Gasteiger partial charge >= 0.3 is 0 Å². The van der Waals surface area contributed by atoms with Gasteiger partial charge in [-0.15, -0.1) is 0 Å². The molecule has 0 bridgehead atoms. The Hall–Kier alpha value is -0.120. The van der Waals surface area contributed by atoms with Crippen LogP contribution in [-0.2, 0) is 0 Å². The highest BCUT2D eigenvalue weighted by Gasteiger charge is 2.36. The van der Waals surface area contributed by atoms with Gasteiger partial charge in [-0.1, -0.05) is 13.8 Å². The SMILES string of the molecule is CC(C)(CN1CCN2CCCC2C1)C1CCCNC1. The molecular weight excluding hydrogens is 234 g/mol. The molecule has 19 heavy (non-hydrogen) atoms. The minimum absolute atomic E-state index is 0.466. The molecular formula is C16H31N3. The van der Waals surface area contributed by atoms with E-state index in [0.717, 1.165) is 12.0 Å². The number of fused-ring (bicyclic) bond motifs is 1. The van der Waals surface area contributed by atoms with Gasteiger partial charge in [0.2, 0.25) is 0 Å². The van der Waals surface area contributed by atoms with Crippen molar-refractivity contribution in [1.29, 1.82) is 0 Å². The minimum atomic E-state index is 0.466. The number of hydrogen-bond acceptors (Lipinski definition) is 3. The molecule has 110 valence electrons. The second kappa shape index (κ2) is 5.71. The molecule has 0 spiro atoms. The highest BCUT2D eigenvalue weighted by Crippen LogP contribution is 2.33. The highest BCUT2D eigenvalue weighted by molar-refractivity contribution is 4.91. The Morgan fingerprint density at radius 3 is 2.79 bits per heavy atom. The van der Waals surface area contributed by atoms with Crippen molar-refractivity contribution in [2.24, 2.45) is 11.3 Å². The maximum Gasteiger partial charge on any atom is 0.0224 e. The third-order valence-electron chi connectivity index (χ3n) is 5.70. The van der Waals surface area contributed by atoms with E-state index in [4.69, 9.17) is 0 Å². The van der Waals surface area contributed by atoms with Crippen molar-refractivity contribution in [3.05, 3.63) is 0 Å². The lowest BCUT2D eigenvalue weighted by Crippen LogP contribution is -2.53. The van der Waals surface area contributed by atoms with Crippen LogP contribution in [0.15, 0.2) is 0 Å². The van der Waals surface area contributed by atoms with Crippen LogP contribution in [0.5, 0.6) is 0 Å². The summed E-state index contributed by atoms with van der Waals surface area (Å²) in [5.74, 6) is 0.864. The summed E-state index contributed by atoms with van der Waals surface area (Å²) >= 11 is 0. The van der Waals surface area contributed by atoms with Crippen LogP contribution in [0.3, 0.4) is 0 Å². The Balaban J connectivity index is 1.54. The Kier molecular flexibility index (Phi) is 4.16. The smallest absolute Gasteiger partial charge is 0.0224 e. The van der Waals surface area contributed by atoms with E-state index in [2.05, 4.69) is 29.0 Å². The standard InChI is InChI=1S/C16H31N3/c1-16(2,14-5-3-7-17-11-14)13-18-9-10-19-8-4-6-15(19)12-18/h14-15,17H,3-13H2,1-2H3. The molecule has 0 aromatic rings. The molecule has 0 aliphatic carbocycles. The van der Waals surface area contributed by atoms with Crippen molar-refractivity contribution < 1.29 is 0 Å². The molecule has 0 aromatic carbocycles. The number of rotatable bonds is 3. The summed E-state index contributed by atoms with van der Waals surface area (Å²) < 4.78 is 0. The fraction of sp³-hybridized carbons (Fsp3) is 1.00. The Morgan fingerprint density at radius 2 is 2.00 bits per heavy atom. The van der Waals surface area contributed by atoms with Gasteiger partial charge in [0.1, 0.15) is 0 Å². The van der Waals surface area contributed by atoms with Gasteiger partial charge in [0, 0.05) is 32.2 Å². The van der Waals surface area contributed by atoms with Gasteiger partial charge in [-0.2, -0.15) is 0 Å². The van der Waals surface area contributed by atoms with Gasteiger partial charge in [0.15, 0.2) is 0 Å². The molecule has 3 saturated heterocycles. The van der Waals surface area contributed by atoms with Crippen LogP contribution in [0.1, 0.15) is 39.5 Å². The summed E-state index contributed by atoms with van der Waals surface area (Å²) in [7, 11) is 0. The van der Waals surface area contributed by atoms with Crippen molar-refractivity contribution in [3.63, 3.8) is 0 Å². The van der Waals surface area contributed by atoms with E-state index in [1.807, 2.05) is 0 Å². The fourth-order valence-electron chi connectivity index (χ4n) is 4.42. The number of piperidine rings is 1. The van der Waals surface area contributed by atoms with E-state index in [0.29, 0.717) is 5.41 Å². The first-order chi connectivity index (χ1) is 9.15. The van der Waals surface area contributed by atoms with Crippen molar-refractivity contribution in [2.75, 3.05) is 45.8 Å². The number of piperazine rings is 1. The van der Waals surface area contributed by atoms with Crippen molar-refractivity contribution in [3.8, 4) is 0 Å². The lowest BCUT2D eigenvalue weighted by molar-refractivity contribution is 0.0469. The third kappa shape index (κ3) is 3.14.